The molecular formula is C10H7Cl3N2O5S2. The van der Waals surface area contributed by atoms with E-state index in [0.717, 1.165) is 38.4 Å². The number of aromatic amines is 1. The van der Waals surface area contributed by atoms with Gasteiger partial charge in [-0.25, -0.2) is 9.36 Å². The zero-order valence-corrected chi connectivity index (χ0v) is 14.3. The number of aliphatic hydroxyl groups is 1. The van der Waals surface area contributed by atoms with Crippen molar-refractivity contribution in [2.24, 2.45) is 0 Å². The van der Waals surface area contributed by atoms with Gasteiger partial charge in [0.05, 0.1) is 0 Å². The van der Waals surface area contributed by atoms with Crippen molar-refractivity contribution in [2.75, 3.05) is 0 Å². The number of rotatable bonds is 4. The molecule has 0 bridgehead atoms. The number of alkyl halides is 3. The van der Waals surface area contributed by atoms with Crippen LogP contribution in [0.2, 0.25) is 0 Å². The van der Waals surface area contributed by atoms with E-state index in [1.807, 2.05) is 4.98 Å². The molecule has 0 aliphatic carbocycles. The number of hydrogen-bond acceptors (Lipinski definition) is 7. The maximum Gasteiger partial charge on any atom is 0.335 e. The first kappa shape index (κ1) is 17.6. The standard InChI is InChI=1S/C10H7Cl3N2O5S2/c11-10(12,13)22-21-7-6(18)4(3-16)20-8(7)15-2-1-5(17)14-9(15)19/h1-2,16,18H,3H2,(H,14,17,19). The smallest absolute Gasteiger partial charge is 0.335 e. The molecule has 120 valence electrons. The summed E-state index contributed by atoms with van der Waals surface area (Å²) in [6, 6.07) is 1.09. The van der Waals surface area contributed by atoms with Gasteiger partial charge in [-0.05, 0) is 21.6 Å². The lowest BCUT2D eigenvalue weighted by Gasteiger charge is -2.09. The predicted octanol–water partition coefficient (Wildman–Crippen LogP) is 2.38. The average molecular weight is 406 g/mol. The fourth-order valence-corrected chi connectivity index (χ4v) is 3.86. The Morgan fingerprint density at radius 3 is 2.59 bits per heavy atom. The van der Waals surface area contributed by atoms with Crippen molar-refractivity contribution in [3.05, 3.63) is 38.9 Å². The number of nitrogens with zero attached hydrogens (tertiary/aromatic N) is 1. The summed E-state index contributed by atoms with van der Waals surface area (Å²) in [7, 11) is 1.61. The average Bonchev–Trinajstić information content (AvgIpc) is 2.72. The van der Waals surface area contributed by atoms with E-state index in [9.17, 15) is 14.7 Å². The van der Waals surface area contributed by atoms with E-state index in [1.54, 1.807) is 0 Å². The van der Waals surface area contributed by atoms with Gasteiger partial charge in [-0.3, -0.25) is 9.78 Å². The number of hydrogen-bond donors (Lipinski definition) is 3. The molecule has 22 heavy (non-hydrogen) atoms. The summed E-state index contributed by atoms with van der Waals surface area (Å²) in [6.07, 6.45) is 1.16. The van der Waals surface area contributed by atoms with Gasteiger partial charge in [-0.1, -0.05) is 34.8 Å². The van der Waals surface area contributed by atoms with Gasteiger partial charge in [-0.2, -0.15) is 0 Å². The molecule has 2 aromatic heterocycles. The molecule has 0 saturated carbocycles. The molecule has 0 aliphatic heterocycles. The first-order valence-electron chi connectivity index (χ1n) is 5.43. The Kier molecular flexibility index (Phi) is 5.46. The summed E-state index contributed by atoms with van der Waals surface area (Å²) < 4.78 is 4.51. The molecule has 0 amide bonds. The number of aromatic hydroxyl groups is 1. The Bertz CT molecular complexity index is 795. The molecule has 2 aromatic rings. The van der Waals surface area contributed by atoms with Crippen LogP contribution in [0.4, 0.5) is 0 Å². The van der Waals surface area contributed by atoms with Gasteiger partial charge in [0, 0.05) is 12.3 Å². The van der Waals surface area contributed by atoms with Gasteiger partial charge >= 0.3 is 5.69 Å². The summed E-state index contributed by atoms with van der Waals surface area (Å²) in [5.41, 5.74) is -1.38. The highest BCUT2D eigenvalue weighted by atomic mass is 35.6. The molecule has 0 radical (unpaired) electrons. The summed E-state index contributed by atoms with van der Waals surface area (Å²) >= 11 is 16.9. The number of aromatic nitrogens is 2. The molecular weight excluding hydrogens is 399 g/mol. The zero-order chi connectivity index (χ0) is 16.5. The molecule has 2 rings (SSSR count). The van der Waals surface area contributed by atoms with E-state index >= 15 is 0 Å². The van der Waals surface area contributed by atoms with E-state index in [2.05, 4.69) is 0 Å². The first-order valence-corrected chi connectivity index (χ1v) is 8.71. The lowest BCUT2D eigenvalue weighted by molar-refractivity contribution is 0.238. The second-order valence-corrected chi connectivity index (χ2v) is 9.07. The van der Waals surface area contributed by atoms with Crippen molar-refractivity contribution in [1.29, 1.82) is 0 Å². The topological polar surface area (TPSA) is 108 Å². The Morgan fingerprint density at radius 2 is 2.05 bits per heavy atom. The van der Waals surface area contributed by atoms with Crippen molar-refractivity contribution in [1.82, 2.24) is 9.55 Å². The highest BCUT2D eigenvalue weighted by molar-refractivity contribution is 8.78. The second-order valence-electron chi connectivity index (χ2n) is 3.76. The van der Waals surface area contributed by atoms with Crippen LogP contribution in [-0.2, 0) is 6.61 Å². The molecule has 0 spiro atoms. The predicted molar refractivity (Wildman–Crippen MR) is 86.3 cm³/mol. The third-order valence-electron chi connectivity index (χ3n) is 2.30. The van der Waals surface area contributed by atoms with Crippen LogP contribution in [-0.4, -0.2) is 22.9 Å². The number of aliphatic hydroxyl groups excluding tert-OH is 1. The highest BCUT2D eigenvalue weighted by Gasteiger charge is 2.27. The minimum atomic E-state index is -1.68. The Morgan fingerprint density at radius 1 is 1.36 bits per heavy atom. The summed E-state index contributed by atoms with van der Waals surface area (Å²) in [5, 5.41) is 19.2. The quantitative estimate of drug-likeness (QED) is 0.529. The van der Waals surface area contributed by atoms with Gasteiger partial charge < -0.3 is 14.6 Å². The maximum atomic E-state index is 11.8. The Balaban J connectivity index is 2.54. The largest absolute Gasteiger partial charge is 0.503 e. The van der Waals surface area contributed by atoms with Gasteiger partial charge in [0.25, 0.3) is 5.56 Å². The molecule has 7 nitrogen and oxygen atoms in total. The maximum absolute atomic E-state index is 11.8. The molecule has 3 N–H and O–H groups in total. The lowest BCUT2D eigenvalue weighted by Crippen LogP contribution is -2.27. The minimum absolute atomic E-state index is 0.0644. The fraction of sp³-hybridized carbons (Fsp3) is 0.200. The van der Waals surface area contributed by atoms with Crippen LogP contribution in [0, 0.1) is 0 Å². The third kappa shape index (κ3) is 3.98. The molecule has 0 aromatic carbocycles. The van der Waals surface area contributed by atoms with Gasteiger partial charge in [0.1, 0.15) is 11.5 Å². The summed E-state index contributed by atoms with van der Waals surface area (Å²) in [4.78, 5) is 25.0. The van der Waals surface area contributed by atoms with Crippen molar-refractivity contribution < 1.29 is 14.6 Å². The SMILES string of the molecule is O=c1ccn(-c2oc(CO)c(O)c2SSC(Cl)(Cl)Cl)c(=O)[nH]1. The van der Waals surface area contributed by atoms with Crippen LogP contribution >= 0.6 is 56.4 Å². The number of H-pyrrole nitrogens is 1. The monoisotopic (exact) mass is 404 g/mol. The lowest BCUT2D eigenvalue weighted by atomic mass is 10.4. The minimum Gasteiger partial charge on any atom is -0.503 e. The van der Waals surface area contributed by atoms with E-state index in [-0.39, 0.29) is 22.3 Å². The van der Waals surface area contributed by atoms with E-state index in [4.69, 9.17) is 44.3 Å². The molecule has 2 heterocycles. The fourth-order valence-electron chi connectivity index (χ4n) is 1.45. The van der Waals surface area contributed by atoms with E-state index < -0.39 is 21.0 Å². The summed E-state index contributed by atoms with van der Waals surface area (Å²) in [5.74, 6) is -0.669. The van der Waals surface area contributed by atoms with Crippen molar-refractivity contribution in [3.8, 4) is 11.6 Å². The Hall–Kier alpha value is -0.710. The first-order chi connectivity index (χ1) is 10.2. The van der Waals surface area contributed by atoms with Crippen LogP contribution in [0.25, 0.3) is 5.88 Å². The molecule has 12 heteroatoms. The molecule has 0 aliphatic rings. The van der Waals surface area contributed by atoms with Crippen LogP contribution in [0.15, 0.2) is 31.2 Å². The normalized spacial score (nSPS) is 11.8. The van der Waals surface area contributed by atoms with Gasteiger partial charge in [-0.15, -0.1) is 0 Å². The molecule has 0 fully saturated rings. The molecule has 0 saturated heterocycles. The zero-order valence-electron chi connectivity index (χ0n) is 10.4. The van der Waals surface area contributed by atoms with Gasteiger partial charge in [0.2, 0.25) is 9.01 Å². The number of furan rings is 1. The second kappa shape index (κ2) is 6.81. The molecule has 0 atom stereocenters. The van der Waals surface area contributed by atoms with Crippen LogP contribution in [0.1, 0.15) is 5.76 Å². The van der Waals surface area contributed by atoms with Crippen molar-refractivity contribution >= 4 is 56.4 Å². The van der Waals surface area contributed by atoms with Crippen LogP contribution in [0.5, 0.6) is 5.75 Å². The number of halogens is 3. The van der Waals surface area contributed by atoms with Crippen LogP contribution < -0.4 is 11.2 Å². The molecule has 0 unspecified atom stereocenters. The van der Waals surface area contributed by atoms with E-state index in [0.29, 0.717) is 0 Å². The number of nitrogens with one attached hydrogen (secondary N) is 1. The summed E-state index contributed by atoms with van der Waals surface area (Å²) in [6.45, 7) is -0.601. The van der Waals surface area contributed by atoms with E-state index in [1.165, 1.54) is 0 Å². The van der Waals surface area contributed by atoms with Crippen molar-refractivity contribution in [2.45, 2.75) is 14.6 Å². The van der Waals surface area contributed by atoms with Crippen molar-refractivity contribution in [3.63, 3.8) is 0 Å². The van der Waals surface area contributed by atoms with Crippen LogP contribution in [0.3, 0.4) is 0 Å². The Labute approximate surface area is 145 Å². The third-order valence-corrected chi connectivity index (χ3v) is 6.12. The highest BCUT2D eigenvalue weighted by Crippen LogP contribution is 2.53. The van der Waals surface area contributed by atoms with Gasteiger partial charge in [0.15, 0.2) is 11.5 Å².